The summed E-state index contributed by atoms with van der Waals surface area (Å²) >= 11 is 3.26. The van der Waals surface area contributed by atoms with Gasteiger partial charge in [0, 0.05) is 31.2 Å². The van der Waals surface area contributed by atoms with Gasteiger partial charge in [-0.2, -0.15) is 4.31 Å². The molecule has 1 heterocycles. The zero-order chi connectivity index (χ0) is 13.1. The third kappa shape index (κ3) is 3.08. The zero-order valence-corrected chi connectivity index (χ0v) is 12.8. The third-order valence-electron chi connectivity index (χ3n) is 2.59. The zero-order valence-electron chi connectivity index (χ0n) is 10.4. The minimum Gasteiger partial charge on any atom is -0.334 e. The smallest absolute Gasteiger partial charge is 0.262 e. The summed E-state index contributed by atoms with van der Waals surface area (Å²) in [6.45, 7) is 7.22. The molecule has 98 valence electrons. The van der Waals surface area contributed by atoms with Crippen molar-refractivity contribution in [2.45, 2.75) is 32.3 Å². The lowest BCUT2D eigenvalue weighted by Gasteiger charge is -2.17. The summed E-state index contributed by atoms with van der Waals surface area (Å²) in [4.78, 5) is 4.12. The molecule has 0 radical (unpaired) electrons. The second-order valence-corrected chi connectivity index (χ2v) is 6.28. The summed E-state index contributed by atoms with van der Waals surface area (Å²) in [5, 5.41) is 0.757. The van der Waals surface area contributed by atoms with E-state index in [9.17, 15) is 8.42 Å². The van der Waals surface area contributed by atoms with E-state index < -0.39 is 10.0 Å². The number of aromatic nitrogens is 2. The summed E-state index contributed by atoms with van der Waals surface area (Å²) in [6.07, 6.45) is 1.60. The van der Waals surface area contributed by atoms with E-state index in [1.807, 2.05) is 25.3 Å². The number of nitrogens with zero attached hydrogens (tertiary/aromatic N) is 3. The Bertz CT molecular complexity index is 470. The van der Waals surface area contributed by atoms with Crippen molar-refractivity contribution in [2.75, 3.05) is 18.4 Å². The van der Waals surface area contributed by atoms with Gasteiger partial charge in [-0.25, -0.2) is 13.4 Å². The molecule has 0 spiro atoms. The lowest BCUT2D eigenvalue weighted by molar-refractivity contribution is 0.446. The molecule has 0 amide bonds. The lowest BCUT2D eigenvalue weighted by atomic mass is 10.6. The molecule has 1 aromatic rings. The van der Waals surface area contributed by atoms with Crippen molar-refractivity contribution < 1.29 is 8.42 Å². The fourth-order valence-corrected chi connectivity index (χ4v) is 3.71. The van der Waals surface area contributed by atoms with Gasteiger partial charge in [-0.1, -0.05) is 22.9 Å². The van der Waals surface area contributed by atoms with Gasteiger partial charge in [-0.3, -0.25) is 0 Å². The van der Waals surface area contributed by atoms with E-state index in [-0.39, 0.29) is 5.03 Å². The molecule has 7 heteroatoms. The number of alkyl halides is 1. The number of hydrogen-bond donors (Lipinski definition) is 0. The van der Waals surface area contributed by atoms with Gasteiger partial charge in [-0.05, 0) is 13.8 Å². The van der Waals surface area contributed by atoms with Crippen LogP contribution in [0.1, 0.15) is 19.7 Å². The van der Waals surface area contributed by atoms with Gasteiger partial charge in [0.1, 0.15) is 5.82 Å². The van der Waals surface area contributed by atoms with Crippen LogP contribution >= 0.6 is 15.9 Å². The second-order valence-electron chi connectivity index (χ2n) is 3.60. The Morgan fingerprint density at radius 2 is 2.12 bits per heavy atom. The molecule has 17 heavy (non-hydrogen) atoms. The highest BCUT2D eigenvalue weighted by atomic mass is 79.9. The van der Waals surface area contributed by atoms with Crippen LogP contribution in [0.4, 0.5) is 0 Å². The molecule has 0 aromatic carbocycles. The molecular weight excluding hydrogens is 306 g/mol. The average molecular weight is 324 g/mol. The van der Waals surface area contributed by atoms with Crippen LogP contribution in [-0.2, 0) is 16.6 Å². The van der Waals surface area contributed by atoms with Crippen LogP contribution in [0.25, 0.3) is 0 Å². The quantitative estimate of drug-likeness (QED) is 0.747. The first-order valence-electron chi connectivity index (χ1n) is 5.57. The van der Waals surface area contributed by atoms with E-state index in [4.69, 9.17) is 0 Å². The molecule has 0 fully saturated rings. The first-order valence-corrected chi connectivity index (χ1v) is 8.13. The minimum absolute atomic E-state index is 0.139. The number of imidazole rings is 1. The molecule has 0 bridgehead atoms. The molecule has 0 atom stereocenters. The standard InChI is InChI=1S/C10H18BrN3O2S/c1-4-13-8-10(12-9(13)3)17(15,16)14(5-2)7-6-11/h8H,4-7H2,1-3H3. The van der Waals surface area contributed by atoms with Crippen LogP contribution in [0, 0.1) is 6.92 Å². The highest BCUT2D eigenvalue weighted by Crippen LogP contribution is 2.15. The Hall–Kier alpha value is -0.400. The number of rotatable bonds is 6. The molecule has 0 saturated heterocycles. The Kier molecular flexibility index (Phi) is 5.15. The molecule has 0 N–H and O–H groups in total. The van der Waals surface area contributed by atoms with E-state index >= 15 is 0 Å². The van der Waals surface area contributed by atoms with Gasteiger partial charge >= 0.3 is 0 Å². The summed E-state index contributed by atoms with van der Waals surface area (Å²) in [6, 6.07) is 0. The molecule has 0 saturated carbocycles. The van der Waals surface area contributed by atoms with E-state index in [1.165, 1.54) is 4.31 Å². The lowest BCUT2D eigenvalue weighted by Crippen LogP contribution is -2.32. The monoisotopic (exact) mass is 323 g/mol. The maximum absolute atomic E-state index is 12.3. The first kappa shape index (κ1) is 14.7. The SMILES string of the molecule is CCN(CCBr)S(=O)(=O)c1cn(CC)c(C)n1. The van der Waals surface area contributed by atoms with Crippen LogP contribution in [-0.4, -0.2) is 40.7 Å². The van der Waals surface area contributed by atoms with Crippen LogP contribution in [0.15, 0.2) is 11.2 Å². The number of sulfonamides is 1. The van der Waals surface area contributed by atoms with Gasteiger partial charge in [0.15, 0.2) is 5.03 Å². The summed E-state index contributed by atoms with van der Waals surface area (Å²) < 4.78 is 27.8. The minimum atomic E-state index is -3.45. The third-order valence-corrected chi connectivity index (χ3v) is 4.79. The maximum Gasteiger partial charge on any atom is 0.262 e. The average Bonchev–Trinajstić information content (AvgIpc) is 2.67. The topological polar surface area (TPSA) is 55.2 Å². The van der Waals surface area contributed by atoms with Crippen molar-refractivity contribution >= 4 is 26.0 Å². The first-order chi connectivity index (χ1) is 7.97. The Balaban J connectivity index is 3.11. The molecule has 5 nitrogen and oxygen atoms in total. The second kappa shape index (κ2) is 5.97. The Morgan fingerprint density at radius 1 is 1.47 bits per heavy atom. The molecule has 0 aliphatic carbocycles. The maximum atomic E-state index is 12.3. The summed E-state index contributed by atoms with van der Waals surface area (Å²) in [5.41, 5.74) is 0. The molecule has 0 unspecified atom stereocenters. The number of hydrogen-bond acceptors (Lipinski definition) is 3. The normalized spacial score (nSPS) is 12.3. The van der Waals surface area contributed by atoms with Crippen molar-refractivity contribution in [3.8, 4) is 0 Å². The van der Waals surface area contributed by atoms with Gasteiger partial charge in [0.05, 0.1) is 0 Å². The summed E-state index contributed by atoms with van der Waals surface area (Å²) in [7, 11) is -3.45. The van der Waals surface area contributed by atoms with E-state index in [2.05, 4.69) is 20.9 Å². The predicted molar refractivity (Wildman–Crippen MR) is 70.9 cm³/mol. The van der Waals surface area contributed by atoms with Crippen LogP contribution < -0.4 is 0 Å². The van der Waals surface area contributed by atoms with Crippen LogP contribution in [0.5, 0.6) is 0 Å². The van der Waals surface area contributed by atoms with Crippen LogP contribution in [0.2, 0.25) is 0 Å². The van der Waals surface area contributed by atoms with Gasteiger partial charge in [-0.15, -0.1) is 0 Å². The Morgan fingerprint density at radius 3 is 2.53 bits per heavy atom. The van der Waals surface area contributed by atoms with E-state index in [0.717, 1.165) is 12.4 Å². The predicted octanol–water partition coefficient (Wildman–Crippen LogP) is 1.62. The van der Waals surface area contributed by atoms with E-state index in [0.29, 0.717) is 18.4 Å². The Labute approximate surface area is 111 Å². The van der Waals surface area contributed by atoms with Gasteiger partial charge in [0.25, 0.3) is 10.0 Å². The fraction of sp³-hybridized carbons (Fsp3) is 0.700. The summed E-state index contributed by atoms with van der Waals surface area (Å²) in [5.74, 6) is 0.723. The molecule has 1 rings (SSSR count). The molecule has 0 aliphatic rings. The molecular formula is C10H18BrN3O2S. The van der Waals surface area contributed by atoms with Crippen molar-refractivity contribution in [3.05, 3.63) is 12.0 Å². The van der Waals surface area contributed by atoms with E-state index in [1.54, 1.807) is 6.20 Å². The van der Waals surface area contributed by atoms with Crippen molar-refractivity contribution in [1.29, 1.82) is 0 Å². The highest BCUT2D eigenvalue weighted by molar-refractivity contribution is 9.09. The fourth-order valence-electron chi connectivity index (χ4n) is 1.60. The highest BCUT2D eigenvalue weighted by Gasteiger charge is 2.25. The van der Waals surface area contributed by atoms with Crippen LogP contribution in [0.3, 0.4) is 0 Å². The number of halogens is 1. The van der Waals surface area contributed by atoms with Crippen molar-refractivity contribution in [3.63, 3.8) is 0 Å². The van der Waals surface area contributed by atoms with Crippen molar-refractivity contribution in [1.82, 2.24) is 13.9 Å². The molecule has 1 aromatic heterocycles. The molecule has 0 aliphatic heterocycles. The van der Waals surface area contributed by atoms with Gasteiger partial charge < -0.3 is 4.57 Å². The van der Waals surface area contributed by atoms with Gasteiger partial charge in [0.2, 0.25) is 0 Å². The van der Waals surface area contributed by atoms with Crippen molar-refractivity contribution in [2.24, 2.45) is 0 Å². The number of aryl methyl sites for hydroxylation is 2. The largest absolute Gasteiger partial charge is 0.334 e.